The summed E-state index contributed by atoms with van der Waals surface area (Å²) in [5.74, 6) is 6.24. The Morgan fingerprint density at radius 3 is 3.11 bits per heavy atom. The van der Waals surface area contributed by atoms with E-state index >= 15 is 0 Å². The number of nitrogens with two attached hydrogens (primary N) is 1. The molecule has 1 unspecified atom stereocenters. The van der Waals surface area contributed by atoms with Gasteiger partial charge in [0.05, 0.1) is 12.1 Å². The van der Waals surface area contributed by atoms with Crippen molar-refractivity contribution in [3.63, 3.8) is 0 Å². The van der Waals surface area contributed by atoms with Gasteiger partial charge in [0, 0.05) is 6.04 Å². The average Bonchev–Trinajstić information content (AvgIpc) is 2.97. The summed E-state index contributed by atoms with van der Waals surface area (Å²) in [6, 6.07) is 2.37. The monoisotopic (exact) mass is 251 g/mol. The SMILES string of the molecule is CC(C)C1CCCN1Cc1cc(C(=O)NN)co1. The first-order valence-corrected chi connectivity index (χ1v) is 6.44. The second-order valence-electron chi connectivity index (χ2n) is 5.20. The van der Waals surface area contributed by atoms with Crippen molar-refractivity contribution in [3.8, 4) is 0 Å². The summed E-state index contributed by atoms with van der Waals surface area (Å²) in [5.41, 5.74) is 2.58. The molecular formula is C13H21N3O2. The third-order valence-electron chi connectivity index (χ3n) is 3.59. The van der Waals surface area contributed by atoms with Crippen LogP contribution in [-0.2, 0) is 6.54 Å². The first-order chi connectivity index (χ1) is 8.61. The lowest BCUT2D eigenvalue weighted by Gasteiger charge is -2.26. The van der Waals surface area contributed by atoms with Gasteiger partial charge in [-0.1, -0.05) is 13.8 Å². The molecule has 0 bridgehead atoms. The lowest BCUT2D eigenvalue weighted by molar-refractivity contribution is 0.0953. The van der Waals surface area contributed by atoms with E-state index in [1.165, 1.54) is 19.1 Å². The minimum atomic E-state index is -0.313. The molecule has 0 saturated carbocycles. The zero-order valence-electron chi connectivity index (χ0n) is 11.0. The van der Waals surface area contributed by atoms with E-state index in [9.17, 15) is 4.79 Å². The fraction of sp³-hybridized carbons (Fsp3) is 0.615. The average molecular weight is 251 g/mol. The van der Waals surface area contributed by atoms with Crippen LogP contribution in [0.2, 0.25) is 0 Å². The summed E-state index contributed by atoms with van der Waals surface area (Å²) in [4.78, 5) is 13.8. The van der Waals surface area contributed by atoms with E-state index in [0.717, 1.165) is 18.8 Å². The standard InChI is InChI=1S/C13H21N3O2/c1-9(2)12-4-3-5-16(12)7-11-6-10(8-18-11)13(17)15-14/h6,8-9,12H,3-5,7,14H2,1-2H3,(H,15,17). The molecule has 1 saturated heterocycles. The largest absolute Gasteiger partial charge is 0.467 e. The van der Waals surface area contributed by atoms with E-state index in [4.69, 9.17) is 10.3 Å². The molecule has 1 aliphatic rings. The fourth-order valence-corrected chi connectivity index (χ4v) is 2.67. The van der Waals surface area contributed by atoms with E-state index in [2.05, 4.69) is 24.2 Å². The lowest BCUT2D eigenvalue weighted by Crippen LogP contribution is -2.32. The maximum Gasteiger partial charge on any atom is 0.268 e. The van der Waals surface area contributed by atoms with E-state index in [1.807, 2.05) is 0 Å². The molecule has 1 aromatic heterocycles. The number of furan rings is 1. The Morgan fingerprint density at radius 1 is 1.67 bits per heavy atom. The summed E-state index contributed by atoms with van der Waals surface area (Å²) in [7, 11) is 0. The fourth-order valence-electron chi connectivity index (χ4n) is 2.67. The van der Waals surface area contributed by atoms with Crippen molar-refractivity contribution in [2.45, 2.75) is 39.3 Å². The predicted molar refractivity (Wildman–Crippen MR) is 68.6 cm³/mol. The number of hydrogen-bond acceptors (Lipinski definition) is 4. The molecule has 0 aliphatic carbocycles. The molecular weight excluding hydrogens is 230 g/mol. The number of rotatable bonds is 4. The molecule has 1 atom stereocenters. The van der Waals surface area contributed by atoms with Crippen molar-refractivity contribution >= 4 is 5.91 Å². The molecule has 5 nitrogen and oxygen atoms in total. The Morgan fingerprint density at radius 2 is 2.44 bits per heavy atom. The number of likely N-dealkylation sites (tertiary alicyclic amines) is 1. The van der Waals surface area contributed by atoms with Crippen LogP contribution in [0.4, 0.5) is 0 Å². The van der Waals surface area contributed by atoms with E-state index in [0.29, 0.717) is 17.5 Å². The number of amides is 1. The van der Waals surface area contributed by atoms with Crippen LogP contribution >= 0.6 is 0 Å². The number of hydrazine groups is 1. The summed E-state index contributed by atoms with van der Waals surface area (Å²) in [6.07, 6.45) is 3.94. The van der Waals surface area contributed by atoms with Gasteiger partial charge in [0.15, 0.2) is 0 Å². The number of nitrogens with zero attached hydrogens (tertiary/aromatic N) is 1. The Balaban J connectivity index is 2.01. The van der Waals surface area contributed by atoms with Gasteiger partial charge in [-0.25, -0.2) is 5.84 Å². The zero-order valence-corrected chi connectivity index (χ0v) is 11.0. The van der Waals surface area contributed by atoms with E-state index < -0.39 is 0 Å². The van der Waals surface area contributed by atoms with Crippen molar-refractivity contribution in [3.05, 3.63) is 23.7 Å². The molecule has 1 fully saturated rings. The minimum absolute atomic E-state index is 0.313. The molecule has 1 amide bonds. The van der Waals surface area contributed by atoms with Crippen LogP contribution < -0.4 is 11.3 Å². The Labute approximate surface area is 107 Å². The van der Waals surface area contributed by atoms with Crippen molar-refractivity contribution in [2.75, 3.05) is 6.54 Å². The first kappa shape index (κ1) is 13.1. The van der Waals surface area contributed by atoms with Gasteiger partial charge in [-0.15, -0.1) is 0 Å². The van der Waals surface area contributed by atoms with Crippen molar-refractivity contribution in [1.29, 1.82) is 0 Å². The van der Waals surface area contributed by atoms with Crippen LogP contribution in [0.1, 0.15) is 42.8 Å². The molecule has 2 rings (SSSR count). The number of nitrogen functional groups attached to an aromatic ring is 1. The third kappa shape index (κ3) is 2.73. The van der Waals surface area contributed by atoms with Crippen LogP contribution in [0.25, 0.3) is 0 Å². The van der Waals surface area contributed by atoms with Crippen LogP contribution in [0.5, 0.6) is 0 Å². The van der Waals surface area contributed by atoms with Gasteiger partial charge in [0.1, 0.15) is 12.0 Å². The van der Waals surface area contributed by atoms with Gasteiger partial charge in [0.2, 0.25) is 0 Å². The molecule has 3 N–H and O–H groups in total. The van der Waals surface area contributed by atoms with Gasteiger partial charge >= 0.3 is 0 Å². The van der Waals surface area contributed by atoms with Gasteiger partial charge in [-0.3, -0.25) is 15.1 Å². The summed E-state index contributed by atoms with van der Waals surface area (Å²) >= 11 is 0. The quantitative estimate of drug-likeness (QED) is 0.483. The number of carbonyl (C=O) groups excluding carboxylic acids is 1. The van der Waals surface area contributed by atoms with Gasteiger partial charge in [-0.05, 0) is 31.4 Å². The molecule has 1 aromatic rings. The molecule has 0 aromatic carbocycles. The highest BCUT2D eigenvalue weighted by Crippen LogP contribution is 2.25. The Bertz CT molecular complexity index is 414. The number of carbonyl (C=O) groups is 1. The summed E-state index contributed by atoms with van der Waals surface area (Å²) in [6.45, 7) is 6.36. The molecule has 18 heavy (non-hydrogen) atoms. The number of hydrogen-bond donors (Lipinski definition) is 2. The molecule has 100 valence electrons. The highest BCUT2D eigenvalue weighted by atomic mass is 16.3. The van der Waals surface area contributed by atoms with Crippen LogP contribution in [0.15, 0.2) is 16.7 Å². The lowest BCUT2D eigenvalue weighted by atomic mass is 10.0. The van der Waals surface area contributed by atoms with Gasteiger partial charge in [-0.2, -0.15) is 0 Å². The predicted octanol–water partition coefficient (Wildman–Crippen LogP) is 1.50. The topological polar surface area (TPSA) is 71.5 Å². The normalized spacial score (nSPS) is 20.6. The molecule has 5 heteroatoms. The second-order valence-corrected chi connectivity index (χ2v) is 5.20. The van der Waals surface area contributed by atoms with Crippen molar-refractivity contribution in [1.82, 2.24) is 10.3 Å². The van der Waals surface area contributed by atoms with Crippen molar-refractivity contribution in [2.24, 2.45) is 11.8 Å². The first-order valence-electron chi connectivity index (χ1n) is 6.44. The van der Waals surface area contributed by atoms with Gasteiger partial charge < -0.3 is 4.42 Å². The van der Waals surface area contributed by atoms with Gasteiger partial charge in [0.25, 0.3) is 5.91 Å². The van der Waals surface area contributed by atoms with E-state index in [1.54, 1.807) is 6.07 Å². The van der Waals surface area contributed by atoms with Crippen molar-refractivity contribution < 1.29 is 9.21 Å². The summed E-state index contributed by atoms with van der Waals surface area (Å²) < 4.78 is 5.42. The highest BCUT2D eigenvalue weighted by Gasteiger charge is 2.27. The van der Waals surface area contributed by atoms with Crippen LogP contribution in [0.3, 0.4) is 0 Å². The third-order valence-corrected chi connectivity index (χ3v) is 3.59. The zero-order chi connectivity index (χ0) is 13.1. The second kappa shape index (κ2) is 5.54. The molecule has 1 aliphatic heterocycles. The highest BCUT2D eigenvalue weighted by molar-refractivity contribution is 5.93. The molecule has 0 radical (unpaired) electrons. The number of nitrogens with one attached hydrogen (secondary N) is 1. The van der Waals surface area contributed by atoms with E-state index in [-0.39, 0.29) is 5.91 Å². The maximum absolute atomic E-state index is 11.3. The molecule has 0 spiro atoms. The van der Waals surface area contributed by atoms with Crippen LogP contribution in [0, 0.1) is 5.92 Å². The maximum atomic E-state index is 11.3. The Kier molecular flexibility index (Phi) is 4.04. The smallest absolute Gasteiger partial charge is 0.268 e. The minimum Gasteiger partial charge on any atom is -0.467 e. The molecule has 2 heterocycles. The Hall–Kier alpha value is -1.33. The summed E-state index contributed by atoms with van der Waals surface area (Å²) in [5, 5.41) is 0. The van der Waals surface area contributed by atoms with Crippen LogP contribution in [-0.4, -0.2) is 23.4 Å².